The molecular weight excluding hydrogens is 386 g/mol. The Balaban J connectivity index is 1.54. The van der Waals surface area contributed by atoms with Crippen LogP contribution < -0.4 is 10.9 Å². The molecule has 4 rings (SSSR count). The Morgan fingerprint density at radius 2 is 2.21 bits per heavy atom. The molecule has 1 N–H and O–H groups in total. The van der Waals surface area contributed by atoms with Crippen molar-refractivity contribution in [1.82, 2.24) is 14.8 Å². The highest BCUT2D eigenvalue weighted by atomic mass is 32.1. The number of nitro benzene ring substituents is 1. The molecule has 0 bridgehead atoms. The Kier molecular flexibility index (Phi) is 4.84. The van der Waals surface area contributed by atoms with Crippen LogP contribution in [0.5, 0.6) is 0 Å². The number of aromatic nitrogens is 3. The number of hydrogen-bond donors (Lipinski definition) is 1. The maximum Gasteiger partial charge on any atom is 0.270 e. The van der Waals surface area contributed by atoms with E-state index in [2.05, 4.69) is 15.5 Å². The number of nitrogens with zero attached hydrogens (tertiary/aromatic N) is 4. The minimum Gasteiger partial charge on any atom is -0.371 e. The van der Waals surface area contributed by atoms with Crippen molar-refractivity contribution in [2.45, 2.75) is 25.5 Å². The van der Waals surface area contributed by atoms with Gasteiger partial charge in [-0.2, -0.15) is 0 Å². The van der Waals surface area contributed by atoms with Crippen LogP contribution in [0.4, 0.5) is 10.8 Å². The van der Waals surface area contributed by atoms with Crippen LogP contribution in [-0.4, -0.2) is 32.2 Å². The molecular formula is C17H15N5O5S. The van der Waals surface area contributed by atoms with Crippen molar-refractivity contribution in [2.24, 2.45) is 0 Å². The van der Waals surface area contributed by atoms with Gasteiger partial charge in [0.15, 0.2) is 0 Å². The Labute approximate surface area is 161 Å². The first-order valence-electron chi connectivity index (χ1n) is 8.54. The van der Waals surface area contributed by atoms with Gasteiger partial charge >= 0.3 is 0 Å². The standard InChI is InChI=1S/C17H15N5O5S/c23-14(18-17-20-19-16(28-17)13-2-1-7-27-13)9-21-12-5-4-11(22(25)26)8-10(12)3-6-15(21)24/h3-6,8,13H,1-2,7,9H2,(H,18,20,23). The number of anilines is 1. The van der Waals surface area contributed by atoms with Crippen molar-refractivity contribution in [3.05, 3.63) is 55.8 Å². The van der Waals surface area contributed by atoms with Crippen LogP contribution in [0.2, 0.25) is 0 Å². The van der Waals surface area contributed by atoms with Gasteiger partial charge in [-0.05, 0) is 25.0 Å². The van der Waals surface area contributed by atoms with E-state index in [1.807, 2.05) is 0 Å². The predicted molar refractivity (Wildman–Crippen MR) is 101 cm³/mol. The minimum absolute atomic E-state index is 0.0837. The van der Waals surface area contributed by atoms with Crippen LogP contribution >= 0.6 is 11.3 Å². The van der Waals surface area contributed by atoms with Crippen LogP contribution in [0.15, 0.2) is 35.1 Å². The number of ether oxygens (including phenoxy) is 1. The lowest BCUT2D eigenvalue weighted by atomic mass is 10.2. The van der Waals surface area contributed by atoms with Crippen molar-refractivity contribution >= 4 is 39.0 Å². The Bertz CT molecular complexity index is 1120. The molecule has 0 radical (unpaired) electrons. The van der Waals surface area contributed by atoms with Crippen LogP contribution in [0, 0.1) is 10.1 Å². The van der Waals surface area contributed by atoms with E-state index in [0.29, 0.717) is 27.6 Å². The molecule has 0 saturated carbocycles. The van der Waals surface area contributed by atoms with Crippen molar-refractivity contribution in [2.75, 3.05) is 11.9 Å². The second-order valence-electron chi connectivity index (χ2n) is 6.25. The molecule has 1 atom stereocenters. The van der Waals surface area contributed by atoms with Gasteiger partial charge in [-0.25, -0.2) is 0 Å². The predicted octanol–water partition coefficient (Wildman–Crippen LogP) is 2.25. The first-order chi connectivity index (χ1) is 13.5. The molecule has 1 aliphatic heterocycles. The van der Waals surface area contributed by atoms with E-state index >= 15 is 0 Å². The number of carbonyl (C=O) groups is 1. The molecule has 1 fully saturated rings. The van der Waals surface area contributed by atoms with Gasteiger partial charge < -0.3 is 4.74 Å². The molecule has 1 aromatic carbocycles. The monoisotopic (exact) mass is 401 g/mol. The summed E-state index contributed by atoms with van der Waals surface area (Å²) in [6.07, 6.45) is 1.76. The van der Waals surface area contributed by atoms with Crippen LogP contribution in [-0.2, 0) is 16.1 Å². The molecule has 144 valence electrons. The molecule has 2 aromatic heterocycles. The molecule has 10 nitrogen and oxygen atoms in total. The third-order valence-corrected chi connectivity index (χ3v) is 5.31. The normalized spacial score (nSPS) is 16.4. The first-order valence-corrected chi connectivity index (χ1v) is 9.36. The largest absolute Gasteiger partial charge is 0.371 e. The number of rotatable bonds is 5. The second-order valence-corrected chi connectivity index (χ2v) is 7.26. The molecule has 3 aromatic rings. The van der Waals surface area contributed by atoms with Gasteiger partial charge in [-0.3, -0.25) is 29.6 Å². The summed E-state index contributed by atoms with van der Waals surface area (Å²) in [5, 5.41) is 23.1. The smallest absolute Gasteiger partial charge is 0.270 e. The molecule has 3 heterocycles. The van der Waals surface area contributed by atoms with E-state index in [1.165, 1.54) is 46.2 Å². The number of amides is 1. The van der Waals surface area contributed by atoms with E-state index in [4.69, 9.17) is 4.74 Å². The van der Waals surface area contributed by atoms with Crippen molar-refractivity contribution in [1.29, 1.82) is 0 Å². The van der Waals surface area contributed by atoms with Gasteiger partial charge in [0, 0.05) is 30.2 Å². The van der Waals surface area contributed by atoms with E-state index in [1.54, 1.807) is 0 Å². The summed E-state index contributed by atoms with van der Waals surface area (Å²) in [4.78, 5) is 35.1. The molecule has 1 unspecified atom stereocenters. The number of nitrogens with one attached hydrogen (secondary N) is 1. The van der Waals surface area contributed by atoms with Crippen LogP contribution in [0.3, 0.4) is 0 Å². The number of pyridine rings is 1. The summed E-state index contributed by atoms with van der Waals surface area (Å²) in [5.74, 6) is -0.442. The molecule has 1 aliphatic rings. The first kappa shape index (κ1) is 18.2. The zero-order valence-corrected chi connectivity index (χ0v) is 15.3. The van der Waals surface area contributed by atoms with Gasteiger partial charge in [0.25, 0.3) is 11.2 Å². The lowest BCUT2D eigenvalue weighted by Crippen LogP contribution is -2.27. The van der Waals surface area contributed by atoms with Gasteiger partial charge in [-0.1, -0.05) is 11.3 Å². The fourth-order valence-corrected chi connectivity index (χ4v) is 3.90. The number of nitro groups is 1. The Morgan fingerprint density at radius 3 is 2.96 bits per heavy atom. The Morgan fingerprint density at radius 1 is 1.36 bits per heavy atom. The third kappa shape index (κ3) is 3.62. The van der Waals surface area contributed by atoms with E-state index in [-0.39, 0.29) is 23.9 Å². The molecule has 0 spiro atoms. The van der Waals surface area contributed by atoms with Gasteiger partial charge in [-0.15, -0.1) is 10.2 Å². The summed E-state index contributed by atoms with van der Waals surface area (Å²) >= 11 is 1.24. The summed E-state index contributed by atoms with van der Waals surface area (Å²) in [5.41, 5.74) is -0.0305. The minimum atomic E-state index is -0.511. The van der Waals surface area contributed by atoms with Crippen LogP contribution in [0.1, 0.15) is 24.0 Å². The molecule has 1 amide bonds. The zero-order valence-electron chi connectivity index (χ0n) is 14.5. The number of hydrogen-bond acceptors (Lipinski definition) is 8. The second kappa shape index (κ2) is 7.44. The maximum absolute atomic E-state index is 12.4. The van der Waals surface area contributed by atoms with Gasteiger partial charge in [0.2, 0.25) is 11.0 Å². The fraction of sp³-hybridized carbons (Fsp3) is 0.294. The van der Waals surface area contributed by atoms with Crippen molar-refractivity contribution < 1.29 is 14.5 Å². The topological polar surface area (TPSA) is 129 Å². The average Bonchev–Trinajstić information content (AvgIpc) is 3.35. The highest BCUT2D eigenvalue weighted by Gasteiger charge is 2.22. The average molecular weight is 401 g/mol. The fourth-order valence-electron chi connectivity index (χ4n) is 3.06. The van der Waals surface area contributed by atoms with Crippen LogP contribution in [0.25, 0.3) is 10.9 Å². The van der Waals surface area contributed by atoms with E-state index in [0.717, 1.165) is 12.8 Å². The number of fused-ring (bicyclic) bond motifs is 1. The summed E-state index contributed by atoms with van der Waals surface area (Å²) < 4.78 is 6.81. The van der Waals surface area contributed by atoms with Gasteiger partial charge in [0.1, 0.15) is 17.7 Å². The summed E-state index contributed by atoms with van der Waals surface area (Å²) in [6, 6.07) is 6.90. The van der Waals surface area contributed by atoms with E-state index in [9.17, 15) is 19.7 Å². The highest BCUT2D eigenvalue weighted by molar-refractivity contribution is 7.15. The SMILES string of the molecule is O=C(Cn1c(=O)ccc2cc([N+](=O)[O-])ccc21)Nc1nnc(C2CCCO2)s1. The lowest BCUT2D eigenvalue weighted by molar-refractivity contribution is -0.384. The molecule has 0 aliphatic carbocycles. The number of non-ortho nitro benzene ring substituents is 1. The Hall–Kier alpha value is -3.18. The van der Waals surface area contributed by atoms with Crippen molar-refractivity contribution in [3.8, 4) is 0 Å². The number of benzene rings is 1. The number of carbonyl (C=O) groups excluding carboxylic acids is 1. The molecule has 1 saturated heterocycles. The third-order valence-electron chi connectivity index (χ3n) is 4.38. The highest BCUT2D eigenvalue weighted by Crippen LogP contribution is 2.31. The maximum atomic E-state index is 12.4. The zero-order chi connectivity index (χ0) is 19.7. The summed E-state index contributed by atoms with van der Waals surface area (Å²) in [6.45, 7) is 0.441. The van der Waals surface area contributed by atoms with Crippen molar-refractivity contribution in [3.63, 3.8) is 0 Å². The quantitative estimate of drug-likeness (QED) is 0.513. The lowest BCUT2D eigenvalue weighted by Gasteiger charge is -2.09. The molecule has 11 heteroatoms. The summed E-state index contributed by atoms with van der Waals surface area (Å²) in [7, 11) is 0. The molecule has 28 heavy (non-hydrogen) atoms. The van der Waals surface area contributed by atoms with Gasteiger partial charge in [0.05, 0.1) is 10.4 Å². The van der Waals surface area contributed by atoms with E-state index < -0.39 is 10.8 Å².